The van der Waals surface area contributed by atoms with Crippen LogP contribution in [0, 0.1) is 6.07 Å². The Morgan fingerprint density at radius 3 is 2.35 bits per heavy atom. The molecule has 2 heteroatoms. The van der Waals surface area contributed by atoms with Crippen LogP contribution in [0.3, 0.4) is 0 Å². The number of rotatable bonds is 2. The molecule has 81 valence electrons. The normalized spacial score (nSPS) is 10.4. The van der Waals surface area contributed by atoms with Gasteiger partial charge in [-0.15, -0.1) is 0 Å². The molecule has 17 heavy (non-hydrogen) atoms. The predicted molar refractivity (Wildman–Crippen MR) is 66.2 cm³/mol. The molecular formula is C15H10NO. The molecular weight excluding hydrogens is 210 g/mol. The highest BCUT2D eigenvalue weighted by Crippen LogP contribution is 2.30. The Hall–Kier alpha value is -2.35. The van der Waals surface area contributed by atoms with Crippen LogP contribution in [0.1, 0.15) is 0 Å². The standard InChI is InChI=1S/C15H10NO/c1-2-6-12(7-3-1)13-8-4-5-9-14(13)15-10-11-17-16-15/h2-11H. The molecule has 0 amide bonds. The highest BCUT2D eigenvalue weighted by molar-refractivity contribution is 5.81. The van der Waals surface area contributed by atoms with Crippen LogP contribution in [0.2, 0.25) is 0 Å². The van der Waals surface area contributed by atoms with Crippen molar-refractivity contribution in [2.45, 2.75) is 0 Å². The van der Waals surface area contributed by atoms with Crippen molar-refractivity contribution in [1.29, 1.82) is 0 Å². The number of benzene rings is 2. The van der Waals surface area contributed by atoms with Gasteiger partial charge in [0.1, 0.15) is 12.0 Å². The van der Waals surface area contributed by atoms with E-state index >= 15 is 0 Å². The van der Waals surface area contributed by atoms with Gasteiger partial charge >= 0.3 is 0 Å². The van der Waals surface area contributed by atoms with E-state index in [0.29, 0.717) is 0 Å². The molecule has 0 N–H and O–H groups in total. The molecule has 2 nitrogen and oxygen atoms in total. The van der Waals surface area contributed by atoms with Crippen LogP contribution in [0.15, 0.2) is 65.4 Å². The Bertz CT molecular complexity index is 600. The topological polar surface area (TPSA) is 26.0 Å². The maximum Gasteiger partial charge on any atom is 0.124 e. The first kappa shape index (κ1) is 9.85. The molecule has 3 aromatic rings. The molecule has 2 aromatic carbocycles. The molecule has 0 aliphatic rings. The van der Waals surface area contributed by atoms with Gasteiger partial charge in [-0.2, -0.15) is 0 Å². The predicted octanol–water partition coefficient (Wildman–Crippen LogP) is 3.81. The molecule has 0 aliphatic heterocycles. The van der Waals surface area contributed by atoms with Crippen LogP contribution < -0.4 is 0 Å². The monoisotopic (exact) mass is 220 g/mol. The third-order valence-corrected chi connectivity index (χ3v) is 2.67. The second-order valence-electron chi connectivity index (χ2n) is 3.72. The highest BCUT2D eigenvalue weighted by Gasteiger charge is 2.08. The van der Waals surface area contributed by atoms with Crippen LogP contribution >= 0.6 is 0 Å². The van der Waals surface area contributed by atoms with Gasteiger partial charge in [-0.3, -0.25) is 0 Å². The summed E-state index contributed by atoms with van der Waals surface area (Å²) in [5.74, 6) is 0. The third-order valence-electron chi connectivity index (χ3n) is 2.67. The first-order valence-corrected chi connectivity index (χ1v) is 5.41. The molecule has 0 unspecified atom stereocenters. The van der Waals surface area contributed by atoms with E-state index in [4.69, 9.17) is 4.52 Å². The Morgan fingerprint density at radius 2 is 1.65 bits per heavy atom. The quantitative estimate of drug-likeness (QED) is 0.656. The van der Waals surface area contributed by atoms with Gasteiger partial charge in [0.2, 0.25) is 0 Å². The van der Waals surface area contributed by atoms with Gasteiger partial charge < -0.3 is 4.52 Å². The Kier molecular flexibility index (Phi) is 2.47. The molecule has 1 heterocycles. The van der Waals surface area contributed by atoms with Crippen LogP contribution in [-0.2, 0) is 0 Å². The summed E-state index contributed by atoms with van der Waals surface area (Å²) in [4.78, 5) is 0. The molecule has 1 aromatic heterocycles. The fraction of sp³-hybridized carbons (Fsp3) is 0. The fourth-order valence-corrected chi connectivity index (χ4v) is 1.88. The Morgan fingerprint density at radius 1 is 0.882 bits per heavy atom. The second-order valence-corrected chi connectivity index (χ2v) is 3.72. The number of hydrogen-bond donors (Lipinski definition) is 0. The molecule has 0 atom stereocenters. The number of nitrogens with zero attached hydrogens (tertiary/aromatic N) is 1. The minimum absolute atomic E-state index is 0.855. The van der Waals surface area contributed by atoms with Crippen molar-refractivity contribution in [3.8, 4) is 22.4 Å². The van der Waals surface area contributed by atoms with Crippen molar-refractivity contribution < 1.29 is 4.52 Å². The van der Waals surface area contributed by atoms with Crippen molar-refractivity contribution in [2.75, 3.05) is 0 Å². The first-order chi connectivity index (χ1) is 8.45. The molecule has 0 saturated heterocycles. The molecule has 0 bridgehead atoms. The van der Waals surface area contributed by atoms with E-state index in [1.165, 1.54) is 0 Å². The van der Waals surface area contributed by atoms with E-state index in [2.05, 4.69) is 17.3 Å². The molecule has 0 spiro atoms. The summed E-state index contributed by atoms with van der Waals surface area (Å²) >= 11 is 0. The minimum atomic E-state index is 0.855. The summed E-state index contributed by atoms with van der Waals surface area (Å²) < 4.78 is 4.90. The summed E-state index contributed by atoms with van der Waals surface area (Å²) in [5.41, 5.74) is 4.23. The largest absolute Gasteiger partial charge is 0.364 e. The van der Waals surface area contributed by atoms with Crippen LogP contribution in [0.25, 0.3) is 22.4 Å². The lowest BCUT2D eigenvalue weighted by Gasteiger charge is -2.06. The molecule has 0 fully saturated rings. The molecule has 1 radical (unpaired) electrons. The maximum absolute atomic E-state index is 4.90. The Labute approximate surface area is 99.5 Å². The lowest BCUT2D eigenvalue weighted by Crippen LogP contribution is -1.84. The SMILES string of the molecule is [c]1ccc(-c2ccccc2-c2ccon2)cc1. The average Bonchev–Trinajstić information content (AvgIpc) is 2.94. The van der Waals surface area contributed by atoms with Crippen molar-refractivity contribution in [3.05, 3.63) is 66.9 Å². The Balaban J connectivity index is 2.18. The van der Waals surface area contributed by atoms with Crippen LogP contribution in [0.4, 0.5) is 0 Å². The second kappa shape index (κ2) is 4.26. The average molecular weight is 220 g/mol. The van der Waals surface area contributed by atoms with E-state index in [9.17, 15) is 0 Å². The zero-order valence-corrected chi connectivity index (χ0v) is 9.13. The third kappa shape index (κ3) is 1.85. The smallest absolute Gasteiger partial charge is 0.124 e. The van der Waals surface area contributed by atoms with Crippen molar-refractivity contribution in [1.82, 2.24) is 5.16 Å². The van der Waals surface area contributed by atoms with Crippen molar-refractivity contribution >= 4 is 0 Å². The summed E-state index contributed by atoms with van der Waals surface area (Å²) in [6, 6.07) is 21.0. The minimum Gasteiger partial charge on any atom is -0.364 e. The van der Waals surface area contributed by atoms with Gasteiger partial charge in [-0.25, -0.2) is 0 Å². The van der Waals surface area contributed by atoms with Gasteiger partial charge in [0.25, 0.3) is 0 Å². The van der Waals surface area contributed by atoms with E-state index in [1.807, 2.05) is 48.5 Å². The maximum atomic E-state index is 4.90. The van der Waals surface area contributed by atoms with Gasteiger partial charge in [0, 0.05) is 11.6 Å². The van der Waals surface area contributed by atoms with E-state index < -0.39 is 0 Å². The van der Waals surface area contributed by atoms with Crippen molar-refractivity contribution in [3.63, 3.8) is 0 Å². The van der Waals surface area contributed by atoms with E-state index in [0.717, 1.165) is 22.4 Å². The first-order valence-electron chi connectivity index (χ1n) is 5.41. The summed E-state index contributed by atoms with van der Waals surface area (Å²) in [7, 11) is 0. The molecule has 3 rings (SSSR count). The molecule has 0 saturated carbocycles. The number of aromatic nitrogens is 1. The highest BCUT2D eigenvalue weighted by atomic mass is 16.5. The zero-order chi connectivity index (χ0) is 11.5. The summed E-state index contributed by atoms with van der Waals surface area (Å²) in [6.45, 7) is 0. The van der Waals surface area contributed by atoms with Gasteiger partial charge in [0.05, 0.1) is 0 Å². The van der Waals surface area contributed by atoms with Gasteiger partial charge in [-0.05, 0) is 17.2 Å². The summed E-state index contributed by atoms with van der Waals surface area (Å²) in [6.07, 6.45) is 1.59. The molecule has 0 aliphatic carbocycles. The van der Waals surface area contributed by atoms with Crippen LogP contribution in [0.5, 0.6) is 0 Å². The van der Waals surface area contributed by atoms with Crippen molar-refractivity contribution in [2.24, 2.45) is 0 Å². The van der Waals surface area contributed by atoms with Gasteiger partial charge in [0.15, 0.2) is 0 Å². The fourth-order valence-electron chi connectivity index (χ4n) is 1.88. The zero-order valence-electron chi connectivity index (χ0n) is 9.13. The lowest BCUT2D eigenvalue weighted by atomic mass is 9.98. The van der Waals surface area contributed by atoms with Crippen LogP contribution in [-0.4, -0.2) is 5.16 Å². The van der Waals surface area contributed by atoms with Gasteiger partial charge in [-0.1, -0.05) is 53.7 Å². The summed E-state index contributed by atoms with van der Waals surface area (Å²) in [5, 5.41) is 3.99. The van der Waals surface area contributed by atoms with E-state index in [-0.39, 0.29) is 0 Å². The van der Waals surface area contributed by atoms with E-state index in [1.54, 1.807) is 6.26 Å². The lowest BCUT2D eigenvalue weighted by molar-refractivity contribution is 0.422. The number of hydrogen-bond acceptors (Lipinski definition) is 2.